The van der Waals surface area contributed by atoms with Crippen LogP contribution < -0.4 is 10.6 Å². The van der Waals surface area contributed by atoms with Crippen LogP contribution in [-0.4, -0.2) is 56.9 Å². The Hall–Kier alpha value is -2.64. The fraction of sp³-hybridized carbons (Fsp3) is 0.500. The lowest BCUT2D eigenvalue weighted by Crippen LogP contribution is -2.49. The molecule has 0 radical (unpaired) electrons. The normalized spacial score (nSPS) is 15.2. The Morgan fingerprint density at radius 2 is 1.92 bits per heavy atom. The maximum absolute atomic E-state index is 12.3. The fourth-order valence-corrected chi connectivity index (χ4v) is 2.75. The number of carbonyl (C=O) groups is 1. The molecule has 0 aromatic carbocycles. The summed E-state index contributed by atoms with van der Waals surface area (Å²) in [5.41, 5.74) is 0.884. The second-order valence-corrected chi connectivity index (χ2v) is 6.32. The first kappa shape index (κ1) is 16.2. The van der Waals surface area contributed by atoms with E-state index in [9.17, 15) is 9.59 Å². The van der Waals surface area contributed by atoms with Crippen LogP contribution in [0.5, 0.6) is 0 Å². The summed E-state index contributed by atoms with van der Waals surface area (Å²) in [7, 11) is 0. The minimum atomic E-state index is -0.366. The highest BCUT2D eigenvalue weighted by Gasteiger charge is 2.24. The summed E-state index contributed by atoms with van der Waals surface area (Å²) in [6, 6.07) is 1.98. The van der Waals surface area contributed by atoms with E-state index in [4.69, 9.17) is 0 Å². The molecule has 8 heteroatoms. The maximum Gasteiger partial charge on any atom is 0.323 e. The fourth-order valence-electron chi connectivity index (χ4n) is 2.75. The van der Waals surface area contributed by atoms with E-state index >= 15 is 0 Å². The predicted octanol–water partition coefficient (Wildman–Crippen LogP) is 0.887. The number of hydrogen-bond donors (Lipinski definition) is 2. The molecule has 1 saturated heterocycles. The van der Waals surface area contributed by atoms with Gasteiger partial charge in [-0.1, -0.05) is 13.8 Å². The van der Waals surface area contributed by atoms with Gasteiger partial charge in [0.1, 0.15) is 17.3 Å². The molecule has 1 aliphatic heterocycles. The summed E-state index contributed by atoms with van der Waals surface area (Å²) in [6.07, 6.45) is 1.42. The number of hydrogen-bond acceptors (Lipinski definition) is 5. The van der Waals surface area contributed by atoms with Crippen LogP contribution in [0.2, 0.25) is 0 Å². The first-order chi connectivity index (χ1) is 11.4. The maximum atomic E-state index is 12.3. The zero-order chi connectivity index (χ0) is 17.3. The Balaban J connectivity index is 1.69. The van der Waals surface area contributed by atoms with Gasteiger partial charge < -0.3 is 19.8 Å². The molecule has 128 valence electrons. The van der Waals surface area contributed by atoms with Crippen LogP contribution in [0, 0.1) is 6.92 Å². The molecule has 8 nitrogen and oxygen atoms in total. The van der Waals surface area contributed by atoms with E-state index in [1.54, 1.807) is 4.90 Å². The van der Waals surface area contributed by atoms with Crippen LogP contribution in [-0.2, 0) is 0 Å². The topological polar surface area (TPSA) is 98.0 Å². The van der Waals surface area contributed by atoms with E-state index < -0.39 is 0 Å². The Morgan fingerprint density at radius 1 is 1.21 bits per heavy atom. The highest BCUT2D eigenvalue weighted by atomic mass is 16.2. The summed E-state index contributed by atoms with van der Waals surface area (Å²) in [4.78, 5) is 41.5. The zero-order valence-corrected chi connectivity index (χ0v) is 14.2. The van der Waals surface area contributed by atoms with Gasteiger partial charge in [0.05, 0.1) is 0 Å². The number of imidazole rings is 1. The average Bonchev–Trinajstić information content (AvgIpc) is 3.00. The number of amides is 1. The molecular weight excluding hydrogens is 308 g/mol. The van der Waals surface area contributed by atoms with Gasteiger partial charge in [-0.3, -0.25) is 4.79 Å². The minimum absolute atomic E-state index is 0.158. The van der Waals surface area contributed by atoms with Crippen LogP contribution in [0.4, 0.5) is 5.82 Å². The monoisotopic (exact) mass is 330 g/mol. The van der Waals surface area contributed by atoms with E-state index in [0.29, 0.717) is 31.9 Å². The molecule has 0 spiro atoms. The number of rotatable bonds is 3. The van der Waals surface area contributed by atoms with Crippen LogP contribution in [0.15, 0.2) is 17.1 Å². The largest absolute Gasteiger partial charge is 0.353 e. The van der Waals surface area contributed by atoms with Crippen molar-refractivity contribution in [3.05, 3.63) is 40.0 Å². The number of carbonyl (C=O) groups excluding carboxylic acids is 1. The van der Waals surface area contributed by atoms with Crippen LogP contribution in [0.1, 0.15) is 41.8 Å². The number of nitrogens with zero attached hydrogens (tertiary/aromatic N) is 4. The van der Waals surface area contributed by atoms with Crippen molar-refractivity contribution in [3.8, 4) is 0 Å². The van der Waals surface area contributed by atoms with Crippen molar-refractivity contribution in [2.24, 2.45) is 0 Å². The lowest BCUT2D eigenvalue weighted by Gasteiger charge is -2.35. The summed E-state index contributed by atoms with van der Waals surface area (Å²) < 4.78 is 0. The number of aryl methyl sites for hydroxylation is 1. The first-order valence-corrected chi connectivity index (χ1v) is 8.11. The molecule has 0 atom stereocenters. The van der Waals surface area contributed by atoms with Gasteiger partial charge in [-0.2, -0.15) is 0 Å². The molecule has 2 aromatic heterocycles. The lowest BCUT2D eigenvalue weighted by atomic mass is 10.2. The van der Waals surface area contributed by atoms with Gasteiger partial charge in [-0.15, -0.1) is 0 Å². The van der Waals surface area contributed by atoms with Crippen LogP contribution in [0.3, 0.4) is 0 Å². The third kappa shape index (κ3) is 3.32. The molecule has 0 saturated carbocycles. The van der Waals surface area contributed by atoms with Crippen molar-refractivity contribution in [2.45, 2.75) is 26.7 Å². The van der Waals surface area contributed by atoms with E-state index in [-0.39, 0.29) is 17.5 Å². The first-order valence-electron chi connectivity index (χ1n) is 8.11. The Morgan fingerprint density at radius 3 is 2.50 bits per heavy atom. The number of aromatic nitrogens is 4. The molecule has 1 amide bonds. The summed E-state index contributed by atoms with van der Waals surface area (Å²) in [6.45, 7) is 8.71. The van der Waals surface area contributed by atoms with Gasteiger partial charge >= 0.3 is 5.69 Å². The molecule has 1 aliphatic rings. The van der Waals surface area contributed by atoms with Gasteiger partial charge in [-0.05, 0) is 6.92 Å². The number of piperazine rings is 1. The molecule has 2 aromatic rings. The molecule has 3 heterocycles. The molecule has 2 N–H and O–H groups in total. The third-order valence-electron chi connectivity index (χ3n) is 4.09. The van der Waals surface area contributed by atoms with Crippen molar-refractivity contribution in [1.29, 1.82) is 0 Å². The molecule has 24 heavy (non-hydrogen) atoms. The lowest BCUT2D eigenvalue weighted by molar-refractivity contribution is 0.0741. The molecular formula is C16H22N6O2. The molecule has 1 fully saturated rings. The standard InChI is InChI=1S/C16H22N6O2/c1-10(2)14-18-11(3)8-13(20-14)21-4-6-22(7-5-21)15(23)12-9-17-16(24)19-12/h8-10H,4-7H2,1-3H3,(H2,17,19,24). The molecule has 0 bridgehead atoms. The van der Waals surface area contributed by atoms with Crippen LogP contribution in [0.25, 0.3) is 0 Å². The minimum Gasteiger partial charge on any atom is -0.353 e. The van der Waals surface area contributed by atoms with Crippen LogP contribution >= 0.6 is 0 Å². The summed E-state index contributed by atoms with van der Waals surface area (Å²) >= 11 is 0. The van der Waals surface area contributed by atoms with Gasteiger partial charge in [-0.25, -0.2) is 14.8 Å². The second kappa shape index (κ2) is 6.46. The van der Waals surface area contributed by atoms with Gasteiger partial charge in [0, 0.05) is 50.1 Å². The highest BCUT2D eigenvalue weighted by Crippen LogP contribution is 2.19. The Kier molecular flexibility index (Phi) is 4.37. The van der Waals surface area contributed by atoms with Crippen molar-refractivity contribution in [3.63, 3.8) is 0 Å². The number of H-pyrrole nitrogens is 2. The van der Waals surface area contributed by atoms with Gasteiger partial charge in [0.15, 0.2) is 0 Å². The quantitative estimate of drug-likeness (QED) is 0.871. The van der Waals surface area contributed by atoms with E-state index in [1.165, 1.54) is 6.20 Å². The van der Waals surface area contributed by atoms with E-state index in [0.717, 1.165) is 17.3 Å². The van der Waals surface area contributed by atoms with Crippen molar-refractivity contribution in [2.75, 3.05) is 31.1 Å². The number of aromatic amines is 2. The second-order valence-electron chi connectivity index (χ2n) is 6.32. The molecule has 0 aliphatic carbocycles. The summed E-state index contributed by atoms with van der Waals surface area (Å²) in [5.74, 6) is 1.87. The van der Waals surface area contributed by atoms with Crippen molar-refractivity contribution < 1.29 is 4.79 Å². The third-order valence-corrected chi connectivity index (χ3v) is 4.09. The molecule has 3 rings (SSSR count). The SMILES string of the molecule is Cc1cc(N2CCN(C(=O)c3c[nH]c(=O)[nH]3)CC2)nc(C(C)C)n1. The number of anilines is 1. The Labute approximate surface area is 139 Å². The average molecular weight is 330 g/mol. The molecule has 0 unspecified atom stereocenters. The zero-order valence-electron chi connectivity index (χ0n) is 14.2. The van der Waals surface area contributed by atoms with E-state index in [2.05, 4.69) is 38.7 Å². The van der Waals surface area contributed by atoms with Crippen molar-refractivity contribution >= 4 is 11.7 Å². The highest BCUT2D eigenvalue weighted by molar-refractivity contribution is 5.92. The smallest absolute Gasteiger partial charge is 0.323 e. The van der Waals surface area contributed by atoms with Gasteiger partial charge in [0.25, 0.3) is 5.91 Å². The van der Waals surface area contributed by atoms with E-state index in [1.807, 2.05) is 13.0 Å². The predicted molar refractivity (Wildman–Crippen MR) is 90.4 cm³/mol. The van der Waals surface area contributed by atoms with Crippen molar-refractivity contribution in [1.82, 2.24) is 24.8 Å². The summed E-state index contributed by atoms with van der Waals surface area (Å²) in [5, 5.41) is 0. The Bertz CT molecular complexity index is 786. The number of nitrogens with one attached hydrogen (secondary N) is 2. The van der Waals surface area contributed by atoms with Gasteiger partial charge in [0.2, 0.25) is 0 Å².